The Morgan fingerprint density at radius 1 is 1.65 bits per heavy atom. The zero-order valence-corrected chi connectivity index (χ0v) is 10.2. The standard InChI is InChI=1S/C8H13N5O3S/c1-5(17(2)16)3-10-8-6(13(14)15)7(9)11-4-12-8/h4-5H,3H2,1-2H3,(H3,9,10,11,12). The normalized spacial score (nSPS) is 14.0. The van der Waals surface area contributed by atoms with E-state index in [1.165, 1.54) is 0 Å². The van der Waals surface area contributed by atoms with Gasteiger partial charge in [-0.25, -0.2) is 9.97 Å². The third-order valence-corrected chi connectivity index (χ3v) is 3.46. The Kier molecular flexibility index (Phi) is 4.32. The van der Waals surface area contributed by atoms with Crippen molar-refractivity contribution in [2.45, 2.75) is 12.2 Å². The summed E-state index contributed by atoms with van der Waals surface area (Å²) < 4.78 is 11.1. The summed E-state index contributed by atoms with van der Waals surface area (Å²) in [6, 6.07) is 0. The highest BCUT2D eigenvalue weighted by molar-refractivity contribution is 7.84. The highest BCUT2D eigenvalue weighted by Gasteiger charge is 2.21. The lowest BCUT2D eigenvalue weighted by molar-refractivity contribution is -0.383. The number of hydrogen-bond acceptors (Lipinski definition) is 7. The Morgan fingerprint density at radius 2 is 2.29 bits per heavy atom. The molecule has 0 spiro atoms. The first-order chi connectivity index (χ1) is 7.93. The topological polar surface area (TPSA) is 124 Å². The van der Waals surface area contributed by atoms with Crippen molar-refractivity contribution in [3.63, 3.8) is 0 Å². The Morgan fingerprint density at radius 3 is 2.82 bits per heavy atom. The van der Waals surface area contributed by atoms with Crippen LogP contribution in [0.5, 0.6) is 0 Å². The van der Waals surface area contributed by atoms with Crippen LogP contribution in [0.1, 0.15) is 6.92 Å². The monoisotopic (exact) mass is 259 g/mol. The summed E-state index contributed by atoms with van der Waals surface area (Å²) in [6.07, 6.45) is 2.70. The van der Waals surface area contributed by atoms with Gasteiger partial charge in [0.25, 0.3) is 0 Å². The molecule has 1 aromatic heterocycles. The maximum absolute atomic E-state index is 11.1. The van der Waals surface area contributed by atoms with E-state index in [-0.39, 0.29) is 22.6 Å². The van der Waals surface area contributed by atoms with Crippen LogP contribution in [0.25, 0.3) is 0 Å². The lowest BCUT2D eigenvalue weighted by Crippen LogP contribution is -2.21. The van der Waals surface area contributed by atoms with Crippen molar-refractivity contribution in [2.75, 3.05) is 23.9 Å². The fourth-order valence-electron chi connectivity index (χ4n) is 1.06. The molecule has 0 bridgehead atoms. The molecule has 0 aliphatic carbocycles. The summed E-state index contributed by atoms with van der Waals surface area (Å²) in [4.78, 5) is 17.4. The van der Waals surface area contributed by atoms with E-state index in [1.54, 1.807) is 13.2 Å². The van der Waals surface area contributed by atoms with Crippen molar-refractivity contribution in [2.24, 2.45) is 0 Å². The fraction of sp³-hybridized carbons (Fsp3) is 0.500. The van der Waals surface area contributed by atoms with Crippen LogP contribution < -0.4 is 11.1 Å². The van der Waals surface area contributed by atoms with Crippen LogP contribution in [0, 0.1) is 10.1 Å². The van der Waals surface area contributed by atoms with Crippen LogP contribution in [-0.2, 0) is 10.8 Å². The Balaban J connectivity index is 2.88. The number of nitrogens with zero attached hydrogens (tertiary/aromatic N) is 3. The molecule has 17 heavy (non-hydrogen) atoms. The molecule has 9 heteroatoms. The number of nitrogen functional groups attached to an aromatic ring is 1. The quantitative estimate of drug-likeness (QED) is 0.569. The molecule has 0 fully saturated rings. The van der Waals surface area contributed by atoms with Gasteiger partial charge in [-0.1, -0.05) is 0 Å². The summed E-state index contributed by atoms with van der Waals surface area (Å²) in [5, 5.41) is 13.4. The van der Waals surface area contributed by atoms with Gasteiger partial charge < -0.3 is 11.1 Å². The molecule has 0 saturated carbocycles. The molecule has 1 rings (SSSR count). The molecule has 1 aromatic rings. The number of aromatic nitrogens is 2. The second kappa shape index (κ2) is 5.53. The lowest BCUT2D eigenvalue weighted by atomic mass is 10.4. The molecule has 0 aliphatic heterocycles. The van der Waals surface area contributed by atoms with E-state index < -0.39 is 15.7 Å². The minimum Gasteiger partial charge on any atom is -0.378 e. The molecule has 3 N–H and O–H groups in total. The number of nitro groups is 1. The lowest BCUT2D eigenvalue weighted by Gasteiger charge is -2.10. The fourth-order valence-corrected chi connectivity index (χ4v) is 1.38. The summed E-state index contributed by atoms with van der Waals surface area (Å²) >= 11 is 0. The van der Waals surface area contributed by atoms with Crippen molar-refractivity contribution >= 4 is 28.1 Å². The maximum atomic E-state index is 11.1. The van der Waals surface area contributed by atoms with Gasteiger partial charge in [0.2, 0.25) is 11.6 Å². The van der Waals surface area contributed by atoms with E-state index in [4.69, 9.17) is 5.73 Å². The van der Waals surface area contributed by atoms with Crippen LogP contribution in [0.3, 0.4) is 0 Å². The van der Waals surface area contributed by atoms with Gasteiger partial charge in [0.1, 0.15) is 6.33 Å². The molecule has 1 heterocycles. The molecule has 0 aromatic carbocycles. The highest BCUT2D eigenvalue weighted by atomic mass is 32.2. The van der Waals surface area contributed by atoms with Gasteiger partial charge >= 0.3 is 5.69 Å². The Hall–Kier alpha value is -1.77. The molecule has 0 saturated heterocycles. The van der Waals surface area contributed by atoms with E-state index >= 15 is 0 Å². The first kappa shape index (κ1) is 13.3. The molecule has 94 valence electrons. The Labute approximate surface area is 100 Å². The van der Waals surface area contributed by atoms with Crippen molar-refractivity contribution in [1.82, 2.24) is 9.97 Å². The third-order valence-electron chi connectivity index (χ3n) is 2.16. The van der Waals surface area contributed by atoms with Gasteiger partial charge in [-0.15, -0.1) is 0 Å². The van der Waals surface area contributed by atoms with Gasteiger partial charge in [-0.3, -0.25) is 14.3 Å². The van der Waals surface area contributed by atoms with Gasteiger partial charge in [-0.05, 0) is 6.92 Å². The highest BCUT2D eigenvalue weighted by Crippen LogP contribution is 2.26. The average molecular weight is 259 g/mol. The smallest absolute Gasteiger partial charge is 0.352 e. The van der Waals surface area contributed by atoms with E-state index in [0.29, 0.717) is 6.54 Å². The molecular formula is C8H13N5O3S. The van der Waals surface area contributed by atoms with Gasteiger partial charge in [0.15, 0.2) is 0 Å². The number of rotatable bonds is 5. The first-order valence-corrected chi connectivity index (χ1v) is 6.36. The number of hydrogen-bond donors (Lipinski definition) is 2. The van der Waals surface area contributed by atoms with E-state index in [9.17, 15) is 14.3 Å². The zero-order valence-electron chi connectivity index (χ0n) is 9.41. The van der Waals surface area contributed by atoms with Crippen LogP contribution >= 0.6 is 0 Å². The molecular weight excluding hydrogens is 246 g/mol. The SMILES string of the molecule is CC(CNc1ncnc(N)c1[N+](=O)[O-])S(C)=O. The van der Waals surface area contributed by atoms with Crippen LogP contribution in [0.15, 0.2) is 6.33 Å². The summed E-state index contributed by atoms with van der Waals surface area (Å²) in [5.41, 5.74) is 5.04. The van der Waals surface area contributed by atoms with Crippen LogP contribution in [-0.4, -0.2) is 37.2 Å². The molecule has 0 aliphatic rings. The average Bonchev–Trinajstić information content (AvgIpc) is 2.24. The van der Waals surface area contributed by atoms with Crippen molar-refractivity contribution < 1.29 is 9.13 Å². The van der Waals surface area contributed by atoms with Crippen molar-refractivity contribution in [3.05, 3.63) is 16.4 Å². The number of nitrogens with one attached hydrogen (secondary N) is 1. The molecule has 8 nitrogen and oxygen atoms in total. The van der Waals surface area contributed by atoms with Crippen molar-refractivity contribution in [3.8, 4) is 0 Å². The molecule has 0 radical (unpaired) electrons. The molecule has 2 atom stereocenters. The molecule has 0 amide bonds. The largest absolute Gasteiger partial charge is 0.378 e. The number of anilines is 2. The first-order valence-electron chi connectivity index (χ1n) is 4.74. The summed E-state index contributed by atoms with van der Waals surface area (Å²) in [6.45, 7) is 2.07. The predicted octanol–water partition coefficient (Wildman–Crippen LogP) is 0.146. The summed E-state index contributed by atoms with van der Waals surface area (Å²) in [7, 11) is -1.01. The van der Waals surface area contributed by atoms with Crippen LogP contribution in [0.4, 0.5) is 17.3 Å². The van der Waals surface area contributed by atoms with Gasteiger partial charge in [0.05, 0.1) is 4.92 Å². The van der Waals surface area contributed by atoms with E-state index in [0.717, 1.165) is 6.33 Å². The third kappa shape index (κ3) is 3.34. The second-order valence-electron chi connectivity index (χ2n) is 3.40. The second-order valence-corrected chi connectivity index (χ2v) is 5.21. The summed E-state index contributed by atoms with van der Waals surface area (Å²) in [5.74, 6) is -0.155. The van der Waals surface area contributed by atoms with Crippen molar-refractivity contribution in [1.29, 1.82) is 0 Å². The maximum Gasteiger partial charge on any atom is 0.352 e. The van der Waals surface area contributed by atoms with Crippen LogP contribution in [0.2, 0.25) is 0 Å². The Bertz CT molecular complexity index is 453. The predicted molar refractivity (Wildman–Crippen MR) is 65.1 cm³/mol. The minimum absolute atomic E-state index is 0.0415. The van der Waals surface area contributed by atoms with E-state index in [1.807, 2.05) is 0 Å². The van der Waals surface area contributed by atoms with E-state index in [2.05, 4.69) is 15.3 Å². The molecule has 2 unspecified atom stereocenters. The zero-order chi connectivity index (χ0) is 13.0. The number of nitrogens with two attached hydrogens (primary N) is 1. The minimum atomic E-state index is -1.01. The van der Waals surface area contributed by atoms with Gasteiger partial charge in [0, 0.05) is 28.9 Å². The van der Waals surface area contributed by atoms with Gasteiger partial charge in [-0.2, -0.15) is 0 Å².